The standard InChI is InChI=1S/C17H14N2O3S/c1-22-17-11-10-16(14-4-2-3-5-15(14)17)19-18-12-6-8-13(9-7-12)23(20)21/h2-11H,1H3,(H,20,21)/p-1. The van der Waals surface area contributed by atoms with Crippen LogP contribution >= 0.6 is 0 Å². The molecule has 0 fully saturated rings. The number of methoxy groups -OCH3 is 1. The summed E-state index contributed by atoms with van der Waals surface area (Å²) < 4.78 is 27.0. The van der Waals surface area contributed by atoms with E-state index in [0.29, 0.717) is 5.69 Å². The Hall–Kier alpha value is -2.57. The second-order valence-electron chi connectivity index (χ2n) is 4.76. The van der Waals surface area contributed by atoms with Crippen LogP contribution in [0.1, 0.15) is 0 Å². The average Bonchev–Trinajstić information content (AvgIpc) is 2.60. The van der Waals surface area contributed by atoms with Gasteiger partial charge in [0.25, 0.3) is 0 Å². The van der Waals surface area contributed by atoms with Crippen LogP contribution in [0.2, 0.25) is 0 Å². The molecule has 0 aliphatic carbocycles. The molecule has 0 amide bonds. The van der Waals surface area contributed by atoms with E-state index in [-0.39, 0.29) is 4.90 Å². The average molecular weight is 325 g/mol. The number of nitrogens with zero attached hydrogens (tertiary/aromatic N) is 2. The molecule has 0 saturated heterocycles. The van der Waals surface area contributed by atoms with Gasteiger partial charge in [0.15, 0.2) is 0 Å². The SMILES string of the molecule is COc1ccc(N=Nc2ccc(S(=O)[O-])cc2)c2ccccc12. The fourth-order valence-electron chi connectivity index (χ4n) is 2.26. The van der Waals surface area contributed by atoms with Crippen LogP contribution in [0.25, 0.3) is 10.8 Å². The van der Waals surface area contributed by atoms with Crippen LogP contribution in [0.5, 0.6) is 5.75 Å². The van der Waals surface area contributed by atoms with E-state index in [1.54, 1.807) is 19.2 Å². The van der Waals surface area contributed by atoms with Gasteiger partial charge in [-0.15, -0.1) is 5.11 Å². The molecule has 0 radical (unpaired) electrons. The second-order valence-corrected chi connectivity index (χ2v) is 5.70. The number of rotatable bonds is 4. The summed E-state index contributed by atoms with van der Waals surface area (Å²) in [5.74, 6) is 0.779. The maximum atomic E-state index is 10.8. The van der Waals surface area contributed by atoms with Crippen LogP contribution in [-0.2, 0) is 11.1 Å². The van der Waals surface area contributed by atoms with Crippen LogP contribution in [0.3, 0.4) is 0 Å². The molecular weight excluding hydrogens is 312 g/mol. The summed E-state index contributed by atoms with van der Waals surface area (Å²) in [4.78, 5) is 0.221. The molecule has 0 spiro atoms. The highest BCUT2D eigenvalue weighted by atomic mass is 32.2. The van der Waals surface area contributed by atoms with Gasteiger partial charge in [-0.3, -0.25) is 4.21 Å². The summed E-state index contributed by atoms with van der Waals surface area (Å²) in [5, 5.41) is 10.3. The van der Waals surface area contributed by atoms with Crippen LogP contribution < -0.4 is 4.74 Å². The van der Waals surface area contributed by atoms with Crippen molar-refractivity contribution in [3.63, 3.8) is 0 Å². The fraction of sp³-hybridized carbons (Fsp3) is 0.0588. The van der Waals surface area contributed by atoms with Gasteiger partial charge in [-0.05, 0) is 47.5 Å². The Bertz CT molecular complexity index is 892. The molecule has 0 N–H and O–H groups in total. The van der Waals surface area contributed by atoms with Crippen molar-refractivity contribution in [1.29, 1.82) is 0 Å². The monoisotopic (exact) mass is 325 g/mol. The molecule has 0 aliphatic heterocycles. The molecule has 1 atom stereocenters. The van der Waals surface area contributed by atoms with Crippen LogP contribution in [0.15, 0.2) is 75.8 Å². The van der Waals surface area contributed by atoms with Crippen molar-refractivity contribution < 1.29 is 13.5 Å². The summed E-state index contributed by atoms with van der Waals surface area (Å²) in [6, 6.07) is 17.7. The van der Waals surface area contributed by atoms with Gasteiger partial charge in [0, 0.05) is 15.7 Å². The summed E-state index contributed by atoms with van der Waals surface area (Å²) in [6.45, 7) is 0. The Morgan fingerprint density at radius 3 is 2.26 bits per heavy atom. The predicted octanol–water partition coefficient (Wildman–Crippen LogP) is 4.50. The van der Waals surface area contributed by atoms with E-state index in [4.69, 9.17) is 4.74 Å². The third-order valence-corrected chi connectivity index (χ3v) is 4.04. The van der Waals surface area contributed by atoms with E-state index in [2.05, 4.69) is 10.2 Å². The molecule has 0 aromatic heterocycles. The zero-order valence-corrected chi connectivity index (χ0v) is 13.1. The molecule has 116 valence electrons. The first-order valence-corrected chi connectivity index (χ1v) is 7.93. The topological polar surface area (TPSA) is 74.1 Å². The lowest BCUT2D eigenvalue weighted by atomic mass is 10.1. The number of hydrogen-bond acceptors (Lipinski definition) is 5. The van der Waals surface area contributed by atoms with Crippen molar-refractivity contribution in [1.82, 2.24) is 0 Å². The number of fused-ring (bicyclic) bond motifs is 1. The second kappa shape index (κ2) is 6.68. The van der Waals surface area contributed by atoms with Gasteiger partial charge in [-0.25, -0.2) is 0 Å². The van der Waals surface area contributed by atoms with Gasteiger partial charge < -0.3 is 9.29 Å². The first kappa shape index (κ1) is 15.3. The highest BCUT2D eigenvalue weighted by Crippen LogP contribution is 2.33. The molecule has 3 aromatic rings. The van der Waals surface area contributed by atoms with E-state index < -0.39 is 11.1 Å². The lowest BCUT2D eigenvalue weighted by molar-refractivity contribution is 0.420. The summed E-state index contributed by atoms with van der Waals surface area (Å²) >= 11 is -2.24. The molecule has 3 rings (SSSR count). The highest BCUT2D eigenvalue weighted by Gasteiger charge is 2.05. The molecule has 6 heteroatoms. The Balaban J connectivity index is 1.96. The first-order valence-electron chi connectivity index (χ1n) is 6.86. The molecule has 1 unspecified atom stereocenters. The summed E-state index contributed by atoms with van der Waals surface area (Å²) in [6.07, 6.45) is 0. The van der Waals surface area contributed by atoms with Crippen molar-refractivity contribution in [2.75, 3.05) is 7.11 Å². The number of azo groups is 1. The quantitative estimate of drug-likeness (QED) is 0.523. The lowest BCUT2D eigenvalue weighted by Crippen LogP contribution is -1.86. The molecule has 0 bridgehead atoms. The molecule has 0 saturated carbocycles. The van der Waals surface area contributed by atoms with E-state index in [9.17, 15) is 8.76 Å². The van der Waals surface area contributed by atoms with Crippen molar-refractivity contribution >= 4 is 33.2 Å². The Kier molecular flexibility index (Phi) is 4.45. The van der Waals surface area contributed by atoms with Crippen molar-refractivity contribution in [2.24, 2.45) is 10.2 Å². The minimum absolute atomic E-state index is 0.221. The van der Waals surface area contributed by atoms with E-state index in [0.717, 1.165) is 22.2 Å². The molecule has 0 heterocycles. The van der Waals surface area contributed by atoms with Gasteiger partial charge in [0.05, 0.1) is 18.5 Å². The first-order chi connectivity index (χ1) is 11.2. The maximum Gasteiger partial charge on any atom is 0.126 e. The van der Waals surface area contributed by atoms with Gasteiger partial charge in [0.1, 0.15) is 5.75 Å². The smallest absolute Gasteiger partial charge is 0.126 e. The zero-order valence-electron chi connectivity index (χ0n) is 12.3. The third kappa shape index (κ3) is 3.28. The number of benzene rings is 3. The van der Waals surface area contributed by atoms with Crippen LogP contribution in [0, 0.1) is 0 Å². The largest absolute Gasteiger partial charge is 0.768 e. The van der Waals surface area contributed by atoms with Gasteiger partial charge in [-0.1, -0.05) is 24.3 Å². The van der Waals surface area contributed by atoms with Crippen molar-refractivity contribution in [2.45, 2.75) is 4.90 Å². The van der Waals surface area contributed by atoms with E-state index in [1.165, 1.54) is 12.1 Å². The predicted molar refractivity (Wildman–Crippen MR) is 88.3 cm³/mol. The van der Waals surface area contributed by atoms with Gasteiger partial charge >= 0.3 is 0 Å². The molecule has 23 heavy (non-hydrogen) atoms. The summed E-state index contributed by atoms with van der Waals surface area (Å²) in [7, 11) is 1.63. The molecule has 3 aromatic carbocycles. The minimum Gasteiger partial charge on any atom is -0.768 e. The van der Waals surface area contributed by atoms with Crippen molar-refractivity contribution in [3.8, 4) is 5.75 Å². The Labute approximate surface area is 135 Å². The third-order valence-electron chi connectivity index (χ3n) is 3.38. The van der Waals surface area contributed by atoms with Gasteiger partial charge in [-0.2, -0.15) is 5.11 Å². The number of hydrogen-bond donors (Lipinski definition) is 0. The Morgan fingerprint density at radius 1 is 0.913 bits per heavy atom. The molecule has 5 nitrogen and oxygen atoms in total. The maximum absolute atomic E-state index is 10.8. The summed E-state index contributed by atoms with van der Waals surface area (Å²) in [5.41, 5.74) is 1.30. The van der Waals surface area contributed by atoms with Gasteiger partial charge in [0.2, 0.25) is 0 Å². The van der Waals surface area contributed by atoms with E-state index >= 15 is 0 Å². The highest BCUT2D eigenvalue weighted by molar-refractivity contribution is 7.79. The lowest BCUT2D eigenvalue weighted by Gasteiger charge is -2.07. The minimum atomic E-state index is -2.24. The molecular formula is C17H13N2O3S-. The van der Waals surface area contributed by atoms with Crippen LogP contribution in [-0.4, -0.2) is 15.9 Å². The Morgan fingerprint density at radius 2 is 1.61 bits per heavy atom. The normalized spacial score (nSPS) is 12.6. The zero-order chi connectivity index (χ0) is 16.2. The fourth-order valence-corrected chi connectivity index (χ4v) is 2.61. The van der Waals surface area contributed by atoms with E-state index in [1.807, 2.05) is 36.4 Å². The van der Waals surface area contributed by atoms with Crippen molar-refractivity contribution in [3.05, 3.63) is 60.7 Å². The molecule has 0 aliphatic rings. The van der Waals surface area contributed by atoms with Crippen LogP contribution in [0.4, 0.5) is 11.4 Å². The number of ether oxygens (including phenoxy) is 1.